The van der Waals surface area contributed by atoms with Crippen molar-refractivity contribution in [3.63, 3.8) is 0 Å². The van der Waals surface area contributed by atoms with Gasteiger partial charge in [0.05, 0.1) is 19.8 Å². The molecule has 0 unspecified atom stereocenters. The maximum absolute atomic E-state index is 12.0. The Morgan fingerprint density at radius 3 is 1.56 bits per heavy atom. The first kappa shape index (κ1) is 42.5. The van der Waals surface area contributed by atoms with Crippen LogP contribution in [0, 0.1) is 29.6 Å². The summed E-state index contributed by atoms with van der Waals surface area (Å²) in [5.41, 5.74) is 4.63. The third kappa shape index (κ3) is 13.6. The lowest BCUT2D eigenvalue weighted by atomic mass is 9.64. The summed E-state index contributed by atoms with van der Waals surface area (Å²) in [4.78, 5) is 24.1. The highest BCUT2D eigenvalue weighted by molar-refractivity contribution is 7.80. The number of rotatable bonds is 21. The summed E-state index contributed by atoms with van der Waals surface area (Å²) < 4.78 is 17.4. The average Bonchev–Trinajstić information content (AvgIpc) is 3.16. The van der Waals surface area contributed by atoms with E-state index in [1.165, 1.54) is 119 Å². The van der Waals surface area contributed by atoms with Crippen LogP contribution in [0.1, 0.15) is 165 Å². The molecule has 0 saturated heterocycles. The highest BCUT2D eigenvalue weighted by Gasteiger charge is 2.35. The number of thiol groups is 1. The summed E-state index contributed by atoms with van der Waals surface area (Å²) in [6, 6.07) is 4.77. The molecule has 1 aromatic rings. The van der Waals surface area contributed by atoms with E-state index >= 15 is 0 Å². The van der Waals surface area contributed by atoms with E-state index in [0.717, 1.165) is 73.2 Å². The fourth-order valence-electron chi connectivity index (χ4n) is 9.56. The lowest BCUT2D eigenvalue weighted by Gasteiger charge is -2.41. The number of hydrogen-bond acceptors (Lipinski definition) is 6. The number of ether oxygens (including phenoxy) is 3. The summed E-state index contributed by atoms with van der Waals surface area (Å²) in [5.74, 6) is 6.38. The van der Waals surface area contributed by atoms with Crippen LogP contribution in [0.2, 0.25) is 0 Å². The Labute approximate surface area is 322 Å². The van der Waals surface area contributed by atoms with Gasteiger partial charge >= 0.3 is 11.9 Å². The lowest BCUT2D eigenvalue weighted by molar-refractivity contribution is -0.139. The van der Waals surface area contributed by atoms with E-state index in [0.29, 0.717) is 36.9 Å². The molecule has 0 heterocycles. The van der Waals surface area contributed by atoms with Gasteiger partial charge in [-0.05, 0) is 168 Å². The van der Waals surface area contributed by atoms with Crippen molar-refractivity contribution in [3.05, 3.63) is 53.1 Å². The normalized spacial score (nSPS) is 24.9. The van der Waals surface area contributed by atoms with Crippen LogP contribution in [-0.4, -0.2) is 37.5 Å². The van der Waals surface area contributed by atoms with Crippen LogP contribution in [0.5, 0.6) is 5.75 Å². The molecule has 0 aliphatic heterocycles. The molecule has 4 rings (SSSR count). The Bertz CT molecular complexity index is 1210. The molecule has 5 nitrogen and oxygen atoms in total. The van der Waals surface area contributed by atoms with Crippen molar-refractivity contribution >= 4 is 24.6 Å². The Morgan fingerprint density at radius 1 is 0.654 bits per heavy atom. The van der Waals surface area contributed by atoms with Gasteiger partial charge in [0, 0.05) is 11.1 Å². The van der Waals surface area contributed by atoms with Crippen LogP contribution in [0.3, 0.4) is 0 Å². The second kappa shape index (κ2) is 22.9. The average molecular weight is 737 g/mol. The Kier molecular flexibility index (Phi) is 18.7. The third-order valence-electron chi connectivity index (χ3n) is 12.7. The first-order chi connectivity index (χ1) is 25.2. The smallest absolute Gasteiger partial charge is 0.333 e. The number of hydrogen-bond donors (Lipinski definition) is 1. The van der Waals surface area contributed by atoms with Gasteiger partial charge in [0.15, 0.2) is 0 Å². The lowest BCUT2D eigenvalue weighted by Crippen LogP contribution is -2.29. The van der Waals surface area contributed by atoms with Crippen LogP contribution in [0.25, 0.3) is 0 Å². The maximum atomic E-state index is 12.0. The highest BCUT2D eigenvalue weighted by Crippen LogP contribution is 2.48. The van der Waals surface area contributed by atoms with Gasteiger partial charge in [-0.3, -0.25) is 0 Å². The van der Waals surface area contributed by atoms with Gasteiger partial charge < -0.3 is 14.2 Å². The number of esters is 2. The number of aryl methyl sites for hydroxylation is 2. The molecule has 1 aromatic carbocycles. The van der Waals surface area contributed by atoms with E-state index < -0.39 is 0 Å². The monoisotopic (exact) mass is 737 g/mol. The van der Waals surface area contributed by atoms with Crippen molar-refractivity contribution in [1.29, 1.82) is 0 Å². The zero-order chi connectivity index (χ0) is 37.3. The van der Waals surface area contributed by atoms with Crippen molar-refractivity contribution in [2.45, 2.75) is 162 Å². The largest absolute Gasteiger partial charge is 0.493 e. The van der Waals surface area contributed by atoms with Gasteiger partial charge in [-0.2, -0.15) is 12.6 Å². The molecular formula is C46H72O5S. The molecule has 52 heavy (non-hydrogen) atoms. The molecular weight excluding hydrogens is 665 g/mol. The minimum atomic E-state index is -0.338. The number of unbranched alkanes of at least 4 members (excludes halogenated alkanes) is 2. The van der Waals surface area contributed by atoms with Crippen LogP contribution in [-0.2, 0) is 31.9 Å². The molecule has 3 saturated carbocycles. The second-order valence-electron chi connectivity index (χ2n) is 16.7. The molecule has 3 aliphatic rings. The van der Waals surface area contributed by atoms with Crippen LogP contribution in [0.4, 0.5) is 0 Å². The van der Waals surface area contributed by atoms with Gasteiger partial charge in [0.1, 0.15) is 5.75 Å². The van der Waals surface area contributed by atoms with Gasteiger partial charge in [-0.25, -0.2) is 9.59 Å². The molecule has 6 heteroatoms. The van der Waals surface area contributed by atoms with E-state index in [1.807, 2.05) is 0 Å². The van der Waals surface area contributed by atoms with Crippen LogP contribution < -0.4 is 4.74 Å². The van der Waals surface area contributed by atoms with Crippen molar-refractivity contribution in [3.8, 4) is 5.75 Å². The fraction of sp³-hybridized carbons (Fsp3) is 0.739. The molecule has 0 radical (unpaired) electrons. The van der Waals surface area contributed by atoms with E-state index in [1.54, 1.807) is 13.8 Å². The predicted molar refractivity (Wildman–Crippen MR) is 218 cm³/mol. The van der Waals surface area contributed by atoms with E-state index in [-0.39, 0.29) is 11.9 Å². The molecule has 3 fully saturated rings. The van der Waals surface area contributed by atoms with Gasteiger partial charge in [0.2, 0.25) is 0 Å². The van der Waals surface area contributed by atoms with Crippen LogP contribution >= 0.6 is 12.6 Å². The van der Waals surface area contributed by atoms with Crippen molar-refractivity contribution < 1.29 is 23.8 Å². The standard InChI is InChI=1S/C46H72O5S/c1-6-7-8-12-35-15-17-36(18-16-35)37-19-21-38(22-20-37)39-23-25-40(26-24-39)43-31-41(13-9-27-50-45(47)33(2)3)44(49-29-11-30-52)42(32-43)14-10-28-51-46(48)34(4)5/h31-32,35-40,52H,2,4,6-30H2,1,3,5H3. The summed E-state index contributed by atoms with van der Waals surface area (Å²) >= 11 is 4.41. The van der Waals surface area contributed by atoms with Gasteiger partial charge in [-0.15, -0.1) is 0 Å². The molecule has 0 bridgehead atoms. The molecule has 0 amide bonds. The molecule has 0 aromatic heterocycles. The zero-order valence-electron chi connectivity index (χ0n) is 33.2. The van der Waals surface area contributed by atoms with E-state index in [4.69, 9.17) is 14.2 Å². The predicted octanol–water partition coefficient (Wildman–Crippen LogP) is 12.0. The summed E-state index contributed by atoms with van der Waals surface area (Å²) in [6.07, 6.45) is 26.5. The van der Waals surface area contributed by atoms with Crippen molar-refractivity contribution in [2.24, 2.45) is 29.6 Å². The third-order valence-corrected chi connectivity index (χ3v) is 13.0. The zero-order valence-corrected chi connectivity index (χ0v) is 34.1. The second-order valence-corrected chi connectivity index (χ2v) is 17.1. The highest BCUT2D eigenvalue weighted by atomic mass is 32.1. The Morgan fingerprint density at radius 2 is 1.12 bits per heavy atom. The van der Waals surface area contributed by atoms with E-state index in [9.17, 15) is 9.59 Å². The van der Waals surface area contributed by atoms with Crippen molar-refractivity contribution in [2.75, 3.05) is 25.6 Å². The van der Waals surface area contributed by atoms with Crippen molar-refractivity contribution in [1.82, 2.24) is 0 Å². The molecule has 292 valence electrons. The molecule has 0 atom stereocenters. The summed E-state index contributed by atoms with van der Waals surface area (Å²) in [7, 11) is 0. The van der Waals surface area contributed by atoms with Crippen LogP contribution in [0.15, 0.2) is 36.4 Å². The number of carbonyl (C=O) groups is 2. The minimum Gasteiger partial charge on any atom is -0.493 e. The Balaban J connectivity index is 1.36. The molecule has 3 aliphatic carbocycles. The fourth-order valence-corrected chi connectivity index (χ4v) is 9.69. The summed E-state index contributed by atoms with van der Waals surface area (Å²) in [5, 5.41) is 0. The molecule has 0 N–H and O–H groups in total. The topological polar surface area (TPSA) is 61.8 Å². The number of benzene rings is 1. The van der Waals surface area contributed by atoms with Gasteiger partial charge in [0.25, 0.3) is 0 Å². The maximum Gasteiger partial charge on any atom is 0.333 e. The van der Waals surface area contributed by atoms with Gasteiger partial charge in [-0.1, -0.05) is 70.7 Å². The Hall–Kier alpha value is -2.21. The minimum absolute atomic E-state index is 0.338. The first-order valence-corrected chi connectivity index (χ1v) is 21.9. The first-order valence-electron chi connectivity index (χ1n) is 21.2. The van der Waals surface area contributed by atoms with E-state index in [2.05, 4.69) is 44.8 Å². The molecule has 0 spiro atoms. The quantitative estimate of drug-likeness (QED) is 0.0589. The number of carbonyl (C=O) groups excluding carboxylic acids is 2. The SMILES string of the molecule is C=C(C)C(=O)OCCCc1cc(C2CCC(C3CCC(C4CCC(CCCCC)CC4)CC3)CC2)cc(CCCOC(=O)C(=C)C)c1OCCCS. The summed E-state index contributed by atoms with van der Waals surface area (Å²) in [6.45, 7) is 14.4.